The molecule has 0 atom stereocenters. The summed E-state index contributed by atoms with van der Waals surface area (Å²) < 4.78 is 24.2. The van der Waals surface area contributed by atoms with Gasteiger partial charge in [0.05, 0.1) is 17.0 Å². The number of amides is 1. The van der Waals surface area contributed by atoms with Crippen LogP contribution in [0.1, 0.15) is 10.4 Å². The highest BCUT2D eigenvalue weighted by Gasteiger charge is 2.41. The first-order valence-corrected chi connectivity index (χ1v) is 6.41. The van der Waals surface area contributed by atoms with Gasteiger partial charge >= 0.3 is 5.91 Å². The predicted molar refractivity (Wildman–Crippen MR) is 62.2 cm³/mol. The maximum absolute atomic E-state index is 11.8. The van der Waals surface area contributed by atoms with Gasteiger partial charge in [-0.25, -0.2) is 8.42 Å². The van der Waals surface area contributed by atoms with E-state index in [1.165, 1.54) is 18.2 Å². The van der Waals surface area contributed by atoms with Gasteiger partial charge in [-0.05, 0) is 12.1 Å². The van der Waals surface area contributed by atoms with Gasteiger partial charge in [0.15, 0.2) is 0 Å². The second-order valence-corrected chi connectivity index (χ2v) is 5.35. The number of hydrogen-bond acceptors (Lipinski definition) is 4. The Bertz CT molecular complexity index is 618. The largest absolute Gasteiger partial charge is 0.313 e. The summed E-state index contributed by atoms with van der Waals surface area (Å²) in [5.41, 5.74) is 0.231. The van der Waals surface area contributed by atoms with Gasteiger partial charge in [-0.3, -0.25) is 9.59 Å². The molecular formula is C11H9NO4S. The van der Waals surface area contributed by atoms with Crippen LogP contribution >= 0.6 is 0 Å². The lowest BCUT2D eigenvalue weighted by Gasteiger charge is -2.15. The fourth-order valence-corrected chi connectivity index (χ4v) is 2.90. The Hall–Kier alpha value is -1.95. The number of sulfonamides is 1. The summed E-state index contributed by atoms with van der Waals surface area (Å²) in [6.07, 6.45) is 1.17. The normalized spacial score (nSPS) is 14.9. The van der Waals surface area contributed by atoms with Crippen molar-refractivity contribution in [3.05, 3.63) is 42.5 Å². The van der Waals surface area contributed by atoms with Crippen LogP contribution in [0.3, 0.4) is 0 Å². The minimum absolute atomic E-state index is 0.115. The highest BCUT2D eigenvalue weighted by atomic mass is 32.2. The second-order valence-electron chi connectivity index (χ2n) is 3.48. The van der Waals surface area contributed by atoms with Gasteiger partial charge in [-0.2, -0.15) is 4.31 Å². The van der Waals surface area contributed by atoms with Gasteiger partial charge in [-0.1, -0.05) is 18.2 Å². The molecule has 17 heavy (non-hydrogen) atoms. The maximum atomic E-state index is 11.8. The number of benzene rings is 1. The lowest BCUT2D eigenvalue weighted by Crippen LogP contribution is -2.37. The van der Waals surface area contributed by atoms with E-state index >= 15 is 0 Å². The first-order chi connectivity index (χ1) is 7.99. The third-order valence-electron chi connectivity index (χ3n) is 2.35. The van der Waals surface area contributed by atoms with E-state index in [9.17, 15) is 18.0 Å². The molecule has 0 aromatic heterocycles. The molecule has 1 amide bonds. The van der Waals surface area contributed by atoms with Gasteiger partial charge in [-0.15, -0.1) is 6.58 Å². The van der Waals surface area contributed by atoms with Crippen molar-refractivity contribution in [2.45, 2.75) is 0 Å². The number of Topliss-reactive ketones (excluding diaryl/α,β-unsaturated/α-hetero) is 1. The van der Waals surface area contributed by atoms with Crippen molar-refractivity contribution >= 4 is 27.4 Å². The van der Waals surface area contributed by atoms with E-state index in [1.54, 1.807) is 12.1 Å². The Morgan fingerprint density at radius 2 is 1.88 bits per heavy atom. The summed E-state index contributed by atoms with van der Waals surface area (Å²) in [5.74, 6) is -2.22. The van der Waals surface area contributed by atoms with Gasteiger partial charge < -0.3 is 0 Å². The molecule has 0 aliphatic carbocycles. The molecule has 0 saturated heterocycles. The van der Waals surface area contributed by atoms with Crippen molar-refractivity contribution in [1.82, 2.24) is 0 Å². The van der Waals surface area contributed by atoms with Crippen LogP contribution < -0.4 is 4.31 Å². The number of ketones is 1. The van der Waals surface area contributed by atoms with Crippen molar-refractivity contribution in [1.29, 1.82) is 0 Å². The SMILES string of the molecule is C=CCS(=O)(=O)N1C(=O)C(=O)c2ccccc21. The topological polar surface area (TPSA) is 71.5 Å². The molecule has 0 N–H and O–H groups in total. The van der Waals surface area contributed by atoms with E-state index in [2.05, 4.69) is 6.58 Å². The molecule has 0 radical (unpaired) electrons. The minimum atomic E-state index is -3.86. The van der Waals surface area contributed by atoms with Gasteiger partial charge in [0, 0.05) is 0 Å². The number of para-hydroxylation sites is 1. The zero-order valence-corrected chi connectivity index (χ0v) is 9.61. The van der Waals surface area contributed by atoms with Crippen LogP contribution in [0.5, 0.6) is 0 Å². The lowest BCUT2D eigenvalue weighted by atomic mass is 10.1. The van der Waals surface area contributed by atoms with Crippen molar-refractivity contribution in [3.63, 3.8) is 0 Å². The Morgan fingerprint density at radius 1 is 1.24 bits per heavy atom. The highest BCUT2D eigenvalue weighted by Crippen LogP contribution is 2.30. The van der Waals surface area contributed by atoms with Crippen LogP contribution in [0.2, 0.25) is 0 Å². The molecule has 0 bridgehead atoms. The lowest BCUT2D eigenvalue weighted by molar-refractivity contribution is -0.113. The molecule has 6 heteroatoms. The summed E-state index contributed by atoms with van der Waals surface area (Å²) in [6.45, 7) is 3.32. The number of carbonyl (C=O) groups is 2. The van der Waals surface area contributed by atoms with Crippen LogP contribution in [0.4, 0.5) is 5.69 Å². The number of anilines is 1. The number of rotatable bonds is 3. The Balaban J connectivity index is 2.62. The monoisotopic (exact) mass is 251 g/mol. The van der Waals surface area contributed by atoms with Crippen molar-refractivity contribution < 1.29 is 18.0 Å². The molecular weight excluding hydrogens is 242 g/mol. The summed E-state index contributed by atoms with van der Waals surface area (Å²) in [6, 6.07) is 6.01. The smallest absolute Gasteiger partial charge is 0.283 e. The molecule has 2 rings (SSSR count). The van der Waals surface area contributed by atoms with Crippen LogP contribution in [-0.4, -0.2) is 25.9 Å². The maximum Gasteiger partial charge on any atom is 0.313 e. The standard InChI is InChI=1S/C11H9NO4S/c1-2-7-17(15,16)12-9-6-4-3-5-8(9)10(13)11(12)14/h2-6H,1,7H2. The molecule has 0 unspecified atom stereocenters. The second kappa shape index (κ2) is 3.81. The average molecular weight is 251 g/mol. The average Bonchev–Trinajstić information content (AvgIpc) is 2.53. The molecule has 1 aromatic carbocycles. The van der Waals surface area contributed by atoms with Crippen molar-refractivity contribution in [3.8, 4) is 0 Å². The summed E-state index contributed by atoms with van der Waals surface area (Å²) in [4.78, 5) is 23.2. The number of carbonyl (C=O) groups excluding carboxylic acids is 2. The van der Waals surface area contributed by atoms with Crippen LogP contribution in [0.25, 0.3) is 0 Å². The molecule has 88 valence electrons. The summed E-state index contributed by atoms with van der Waals surface area (Å²) in [5, 5.41) is 0. The molecule has 0 spiro atoms. The summed E-state index contributed by atoms with van der Waals surface area (Å²) in [7, 11) is -3.86. The molecule has 0 fully saturated rings. The third kappa shape index (κ3) is 1.66. The molecule has 1 heterocycles. The molecule has 1 aliphatic rings. The molecule has 0 saturated carbocycles. The Morgan fingerprint density at radius 3 is 2.53 bits per heavy atom. The Labute approximate surface area is 98.4 Å². The van der Waals surface area contributed by atoms with E-state index in [-0.39, 0.29) is 17.0 Å². The van der Waals surface area contributed by atoms with Crippen LogP contribution in [0, 0.1) is 0 Å². The molecule has 1 aliphatic heterocycles. The van der Waals surface area contributed by atoms with Crippen molar-refractivity contribution in [2.75, 3.05) is 10.1 Å². The fraction of sp³-hybridized carbons (Fsp3) is 0.0909. The van der Waals surface area contributed by atoms with E-state index in [0.717, 1.165) is 0 Å². The first kappa shape index (κ1) is 11.5. The van der Waals surface area contributed by atoms with Gasteiger partial charge in [0.1, 0.15) is 0 Å². The van der Waals surface area contributed by atoms with E-state index in [0.29, 0.717) is 4.31 Å². The van der Waals surface area contributed by atoms with Crippen LogP contribution in [0.15, 0.2) is 36.9 Å². The van der Waals surface area contributed by atoms with Crippen molar-refractivity contribution in [2.24, 2.45) is 0 Å². The minimum Gasteiger partial charge on any atom is -0.283 e. The highest BCUT2D eigenvalue weighted by molar-refractivity contribution is 7.93. The number of hydrogen-bond donors (Lipinski definition) is 0. The third-order valence-corrected chi connectivity index (χ3v) is 3.93. The van der Waals surface area contributed by atoms with E-state index in [1.807, 2.05) is 0 Å². The zero-order valence-electron chi connectivity index (χ0n) is 8.79. The molecule has 5 nitrogen and oxygen atoms in total. The number of fused-ring (bicyclic) bond motifs is 1. The van der Waals surface area contributed by atoms with Gasteiger partial charge in [0.25, 0.3) is 5.78 Å². The summed E-state index contributed by atoms with van der Waals surface area (Å²) >= 11 is 0. The first-order valence-electron chi connectivity index (χ1n) is 4.80. The van der Waals surface area contributed by atoms with Crippen LogP contribution in [-0.2, 0) is 14.8 Å². The fourth-order valence-electron chi connectivity index (χ4n) is 1.66. The Kier molecular flexibility index (Phi) is 2.59. The zero-order chi connectivity index (χ0) is 12.6. The van der Waals surface area contributed by atoms with E-state index in [4.69, 9.17) is 0 Å². The van der Waals surface area contributed by atoms with E-state index < -0.39 is 21.7 Å². The predicted octanol–water partition coefficient (Wildman–Crippen LogP) is 0.732. The quantitative estimate of drug-likeness (QED) is 0.586. The molecule has 1 aromatic rings. The number of nitrogens with zero attached hydrogens (tertiary/aromatic N) is 1. The van der Waals surface area contributed by atoms with Gasteiger partial charge in [0.2, 0.25) is 10.0 Å².